The maximum Gasteiger partial charge on any atom is 0.416 e. The lowest BCUT2D eigenvalue weighted by molar-refractivity contribution is -0.384. The second-order valence-corrected chi connectivity index (χ2v) is 7.28. The summed E-state index contributed by atoms with van der Waals surface area (Å²) in [5.41, 5.74) is -0.460. The Balaban J connectivity index is 1.65. The predicted octanol–water partition coefficient (Wildman–Crippen LogP) is 3.36. The molecule has 2 aromatic carbocycles. The number of nitrogens with zero attached hydrogens (tertiary/aromatic N) is 3. The zero-order valence-electron chi connectivity index (χ0n) is 17.1. The van der Waals surface area contributed by atoms with E-state index in [1.165, 1.54) is 23.1 Å². The van der Waals surface area contributed by atoms with Gasteiger partial charge in [-0.1, -0.05) is 12.1 Å². The van der Waals surface area contributed by atoms with Crippen molar-refractivity contribution < 1.29 is 32.4 Å². The second-order valence-electron chi connectivity index (χ2n) is 7.28. The molecular formula is C21H20F3N3O5. The van der Waals surface area contributed by atoms with Gasteiger partial charge >= 0.3 is 12.1 Å². The molecule has 1 saturated heterocycles. The minimum absolute atomic E-state index is 0.00999. The van der Waals surface area contributed by atoms with Crippen LogP contribution in [0.1, 0.15) is 31.8 Å². The van der Waals surface area contributed by atoms with Crippen molar-refractivity contribution in [2.45, 2.75) is 12.7 Å². The van der Waals surface area contributed by atoms with E-state index < -0.39 is 34.2 Å². The third-order valence-corrected chi connectivity index (χ3v) is 5.14. The number of hydrogen-bond donors (Lipinski definition) is 0. The third-order valence-electron chi connectivity index (χ3n) is 5.14. The number of carbonyl (C=O) groups is 2. The first-order valence-corrected chi connectivity index (χ1v) is 9.64. The van der Waals surface area contributed by atoms with E-state index in [2.05, 4.69) is 4.74 Å². The van der Waals surface area contributed by atoms with Gasteiger partial charge in [-0.15, -0.1) is 0 Å². The molecule has 8 nitrogen and oxygen atoms in total. The molecule has 0 bridgehead atoms. The molecule has 0 saturated carbocycles. The first-order valence-electron chi connectivity index (χ1n) is 9.64. The van der Waals surface area contributed by atoms with Crippen LogP contribution in [-0.2, 0) is 17.5 Å². The van der Waals surface area contributed by atoms with Gasteiger partial charge in [0.05, 0.1) is 23.2 Å². The van der Waals surface area contributed by atoms with Crippen LogP contribution in [0, 0.1) is 10.1 Å². The summed E-state index contributed by atoms with van der Waals surface area (Å²) >= 11 is 0. The highest BCUT2D eigenvalue weighted by Crippen LogP contribution is 2.29. The summed E-state index contributed by atoms with van der Waals surface area (Å²) in [6.45, 7) is 2.05. The number of methoxy groups -OCH3 is 1. The molecule has 32 heavy (non-hydrogen) atoms. The van der Waals surface area contributed by atoms with Crippen LogP contribution in [-0.4, -0.2) is 59.9 Å². The topological polar surface area (TPSA) is 93.0 Å². The van der Waals surface area contributed by atoms with Gasteiger partial charge in [0.2, 0.25) is 0 Å². The Bertz CT molecular complexity index is 1020. The zero-order valence-corrected chi connectivity index (χ0v) is 17.1. The van der Waals surface area contributed by atoms with Gasteiger partial charge in [0, 0.05) is 50.4 Å². The van der Waals surface area contributed by atoms with Crippen molar-refractivity contribution in [3.05, 3.63) is 74.8 Å². The van der Waals surface area contributed by atoms with Gasteiger partial charge in [-0.25, -0.2) is 4.79 Å². The third kappa shape index (κ3) is 5.41. The van der Waals surface area contributed by atoms with Gasteiger partial charge < -0.3 is 9.64 Å². The SMILES string of the molecule is COC(=O)c1cc(C(=O)N2CCN(Cc3ccc(C(F)(F)F)cc3)CC2)cc([N+](=O)[O-])c1. The lowest BCUT2D eigenvalue weighted by Crippen LogP contribution is -2.48. The van der Waals surface area contributed by atoms with Crippen LogP contribution in [0.4, 0.5) is 18.9 Å². The Hall–Kier alpha value is -3.47. The number of benzene rings is 2. The molecule has 0 aromatic heterocycles. The van der Waals surface area contributed by atoms with Crippen molar-refractivity contribution >= 4 is 17.6 Å². The fourth-order valence-electron chi connectivity index (χ4n) is 3.42. The largest absolute Gasteiger partial charge is 0.465 e. The molecule has 1 fully saturated rings. The number of piperazine rings is 1. The maximum absolute atomic E-state index is 12.9. The molecule has 0 unspecified atom stereocenters. The Labute approximate surface area is 181 Å². The van der Waals surface area contributed by atoms with E-state index in [4.69, 9.17) is 0 Å². The molecular weight excluding hydrogens is 431 g/mol. The predicted molar refractivity (Wildman–Crippen MR) is 107 cm³/mol. The maximum atomic E-state index is 12.9. The number of rotatable bonds is 5. The highest BCUT2D eigenvalue weighted by molar-refractivity contribution is 5.99. The summed E-state index contributed by atoms with van der Waals surface area (Å²) in [6, 6.07) is 8.35. The van der Waals surface area contributed by atoms with Gasteiger partial charge in [-0.3, -0.25) is 19.8 Å². The quantitative estimate of drug-likeness (QED) is 0.393. The number of non-ortho nitro benzene ring substituents is 1. The molecule has 1 aliphatic heterocycles. The van der Waals surface area contributed by atoms with E-state index >= 15 is 0 Å². The molecule has 0 aliphatic carbocycles. The van der Waals surface area contributed by atoms with E-state index in [-0.39, 0.29) is 11.1 Å². The van der Waals surface area contributed by atoms with E-state index in [1.54, 1.807) is 0 Å². The fourth-order valence-corrected chi connectivity index (χ4v) is 3.42. The van der Waals surface area contributed by atoms with Gasteiger partial charge in [0.25, 0.3) is 11.6 Å². The van der Waals surface area contributed by atoms with E-state index in [9.17, 15) is 32.9 Å². The molecule has 0 N–H and O–H groups in total. The first-order chi connectivity index (χ1) is 15.1. The number of amides is 1. The minimum Gasteiger partial charge on any atom is -0.465 e. The Morgan fingerprint density at radius 3 is 2.16 bits per heavy atom. The summed E-state index contributed by atoms with van der Waals surface area (Å²) in [7, 11) is 1.14. The number of ether oxygens (including phenoxy) is 1. The number of alkyl halides is 3. The first kappa shape index (κ1) is 23.2. The molecule has 1 aliphatic rings. The van der Waals surface area contributed by atoms with Crippen LogP contribution >= 0.6 is 0 Å². The van der Waals surface area contributed by atoms with Crippen molar-refractivity contribution in [1.29, 1.82) is 0 Å². The van der Waals surface area contributed by atoms with Crippen LogP contribution in [0.15, 0.2) is 42.5 Å². The van der Waals surface area contributed by atoms with Crippen molar-refractivity contribution in [3.8, 4) is 0 Å². The Morgan fingerprint density at radius 1 is 1.03 bits per heavy atom. The normalized spacial score (nSPS) is 14.8. The smallest absolute Gasteiger partial charge is 0.416 e. The highest BCUT2D eigenvalue weighted by atomic mass is 19.4. The fraction of sp³-hybridized carbons (Fsp3) is 0.333. The van der Waals surface area contributed by atoms with Gasteiger partial charge in [0.15, 0.2) is 0 Å². The number of nitro benzene ring substituents is 1. The van der Waals surface area contributed by atoms with Gasteiger partial charge in [0.1, 0.15) is 0 Å². The van der Waals surface area contributed by atoms with E-state index in [0.29, 0.717) is 32.7 Å². The van der Waals surface area contributed by atoms with Crippen molar-refractivity contribution in [2.24, 2.45) is 0 Å². The van der Waals surface area contributed by atoms with Crippen molar-refractivity contribution in [1.82, 2.24) is 9.80 Å². The molecule has 0 spiro atoms. The Kier molecular flexibility index (Phi) is 6.78. The van der Waals surface area contributed by atoms with Gasteiger partial charge in [-0.05, 0) is 23.8 Å². The number of nitro groups is 1. The van der Waals surface area contributed by atoms with E-state index in [1.807, 2.05) is 4.90 Å². The number of hydrogen-bond acceptors (Lipinski definition) is 6. The average molecular weight is 451 g/mol. The molecule has 3 rings (SSSR count). The second kappa shape index (κ2) is 9.35. The molecule has 1 heterocycles. The minimum atomic E-state index is -4.38. The Morgan fingerprint density at radius 2 is 1.62 bits per heavy atom. The monoisotopic (exact) mass is 451 g/mol. The molecule has 0 radical (unpaired) electrons. The number of carbonyl (C=O) groups excluding carboxylic acids is 2. The number of esters is 1. The van der Waals surface area contributed by atoms with Crippen molar-refractivity contribution in [3.63, 3.8) is 0 Å². The molecule has 170 valence electrons. The summed E-state index contributed by atoms with van der Waals surface area (Å²) in [4.78, 5) is 38.6. The van der Waals surface area contributed by atoms with Crippen LogP contribution < -0.4 is 0 Å². The highest BCUT2D eigenvalue weighted by Gasteiger charge is 2.30. The molecule has 2 aromatic rings. The summed E-state index contributed by atoms with van der Waals surface area (Å²) in [5.74, 6) is -1.24. The van der Waals surface area contributed by atoms with Crippen LogP contribution in [0.3, 0.4) is 0 Å². The molecule has 11 heteroatoms. The molecule has 0 atom stereocenters. The van der Waals surface area contributed by atoms with Crippen molar-refractivity contribution in [2.75, 3.05) is 33.3 Å². The lowest BCUT2D eigenvalue weighted by atomic mass is 10.1. The van der Waals surface area contributed by atoms with E-state index in [0.717, 1.165) is 36.9 Å². The van der Waals surface area contributed by atoms with Crippen LogP contribution in [0.25, 0.3) is 0 Å². The summed E-state index contributed by atoms with van der Waals surface area (Å²) in [5, 5.41) is 11.2. The lowest BCUT2D eigenvalue weighted by Gasteiger charge is -2.34. The summed E-state index contributed by atoms with van der Waals surface area (Å²) < 4.78 is 42.6. The van der Waals surface area contributed by atoms with Gasteiger partial charge in [-0.2, -0.15) is 13.2 Å². The number of halogens is 3. The molecule has 1 amide bonds. The average Bonchev–Trinajstić information content (AvgIpc) is 2.78. The standard InChI is InChI=1S/C21H20F3N3O5/c1-32-20(29)16-10-15(11-18(12-16)27(30)31)19(28)26-8-6-25(7-9-26)13-14-2-4-17(5-3-14)21(22,23)24/h2-5,10-12H,6-9,13H2,1H3. The van der Waals surface area contributed by atoms with Crippen LogP contribution in [0.2, 0.25) is 0 Å². The summed E-state index contributed by atoms with van der Waals surface area (Å²) in [6.07, 6.45) is -4.38. The van der Waals surface area contributed by atoms with Crippen LogP contribution in [0.5, 0.6) is 0 Å². The zero-order chi connectivity index (χ0) is 23.5.